The van der Waals surface area contributed by atoms with E-state index in [1.54, 1.807) is 13.8 Å². The van der Waals surface area contributed by atoms with Gasteiger partial charge in [0.2, 0.25) is 0 Å². The van der Waals surface area contributed by atoms with Crippen molar-refractivity contribution in [2.24, 2.45) is 5.41 Å². The molecule has 1 N–H and O–H groups in total. The third-order valence-corrected chi connectivity index (χ3v) is 3.12. The van der Waals surface area contributed by atoms with E-state index in [0.717, 1.165) is 18.9 Å². The van der Waals surface area contributed by atoms with Crippen LogP contribution in [0.3, 0.4) is 0 Å². The van der Waals surface area contributed by atoms with Crippen molar-refractivity contribution in [3.05, 3.63) is 11.6 Å². The van der Waals surface area contributed by atoms with E-state index in [1.165, 1.54) is 7.11 Å². The summed E-state index contributed by atoms with van der Waals surface area (Å²) in [6.07, 6.45) is 2.57. The normalized spacial score (nSPS) is 20.5. The molecule has 0 radical (unpaired) electrons. The largest absolute Gasteiger partial charge is 0.478 e. The Kier molecular flexibility index (Phi) is 3.60. The fourth-order valence-corrected chi connectivity index (χ4v) is 1.63. The molecule has 0 aromatic carbocycles. The second kappa shape index (κ2) is 4.61. The summed E-state index contributed by atoms with van der Waals surface area (Å²) < 4.78 is 5.34. The molecular formula is C13H15NO3. The Morgan fingerprint density at radius 2 is 2.18 bits per heavy atom. The molecule has 1 fully saturated rings. The van der Waals surface area contributed by atoms with Crippen molar-refractivity contribution in [3.63, 3.8) is 0 Å². The van der Waals surface area contributed by atoms with Gasteiger partial charge in [-0.3, -0.25) is 0 Å². The highest BCUT2D eigenvalue weighted by molar-refractivity contribution is 5.81. The van der Waals surface area contributed by atoms with Gasteiger partial charge in [-0.05, 0) is 26.7 Å². The van der Waals surface area contributed by atoms with E-state index in [1.807, 2.05) is 0 Å². The summed E-state index contributed by atoms with van der Waals surface area (Å²) in [5, 5.41) is 17.7. The van der Waals surface area contributed by atoms with Gasteiger partial charge in [0.05, 0.1) is 11.5 Å². The van der Waals surface area contributed by atoms with Crippen LogP contribution in [0.15, 0.2) is 11.6 Å². The van der Waals surface area contributed by atoms with E-state index in [9.17, 15) is 4.79 Å². The van der Waals surface area contributed by atoms with Gasteiger partial charge in [0.15, 0.2) is 0 Å². The summed E-state index contributed by atoms with van der Waals surface area (Å²) >= 11 is 0. The number of hydrogen-bond donors (Lipinski definition) is 1. The number of rotatable bonds is 3. The molecule has 1 rings (SSSR count). The van der Waals surface area contributed by atoms with Gasteiger partial charge in [-0.15, -0.1) is 0 Å². The fourth-order valence-electron chi connectivity index (χ4n) is 1.63. The Labute approximate surface area is 101 Å². The smallest absolute Gasteiger partial charge is 0.329 e. The Balaban J connectivity index is 2.96. The maximum absolute atomic E-state index is 10.4. The molecule has 4 heteroatoms. The Bertz CT molecular complexity index is 457. The molecule has 1 atom stereocenters. The highest BCUT2D eigenvalue weighted by Crippen LogP contribution is 2.54. The third-order valence-electron chi connectivity index (χ3n) is 3.12. The van der Waals surface area contributed by atoms with E-state index in [4.69, 9.17) is 15.1 Å². The minimum absolute atomic E-state index is 0.439. The molecule has 0 bridgehead atoms. The van der Waals surface area contributed by atoms with Gasteiger partial charge in [-0.25, -0.2) is 4.79 Å². The second-order valence-corrected chi connectivity index (χ2v) is 4.35. The zero-order chi connectivity index (χ0) is 13.1. The maximum Gasteiger partial charge on any atom is 0.329 e. The number of ether oxygens (including phenoxy) is 1. The summed E-state index contributed by atoms with van der Waals surface area (Å²) in [6.45, 7) is 3.38. The summed E-state index contributed by atoms with van der Waals surface area (Å²) in [5.74, 6) is 4.59. The van der Waals surface area contributed by atoms with Crippen LogP contribution in [0.1, 0.15) is 26.7 Å². The lowest BCUT2D eigenvalue weighted by Crippen LogP contribution is -2.36. The standard InChI is InChI=1S/C13H15NO3/c1-10(8-11(15)16)4-5-12(2,17-3)13(9-14)6-7-13/h8H,6-7H2,1-3H3,(H,15,16)/b10-8-/t12-/m0/s1. The molecule has 1 aliphatic rings. The number of hydrogen-bond acceptors (Lipinski definition) is 3. The quantitative estimate of drug-likeness (QED) is 0.595. The molecule has 0 aliphatic heterocycles. The number of carboxylic acids is 1. The number of nitrogens with zero attached hydrogens (tertiary/aromatic N) is 1. The molecule has 1 aliphatic carbocycles. The van der Waals surface area contributed by atoms with Crippen LogP contribution < -0.4 is 0 Å². The first-order valence-electron chi connectivity index (χ1n) is 5.30. The van der Waals surface area contributed by atoms with Crippen molar-refractivity contribution in [2.75, 3.05) is 7.11 Å². The zero-order valence-electron chi connectivity index (χ0n) is 10.2. The maximum atomic E-state index is 10.4. The fraction of sp³-hybridized carbons (Fsp3) is 0.538. The van der Waals surface area contributed by atoms with E-state index in [-0.39, 0.29) is 0 Å². The Hall–Kier alpha value is -1.78. The predicted octanol–water partition coefficient (Wildman–Crippen LogP) is 1.73. The molecule has 17 heavy (non-hydrogen) atoms. The molecule has 0 spiro atoms. The van der Waals surface area contributed by atoms with Gasteiger partial charge in [0.1, 0.15) is 5.60 Å². The number of aliphatic carboxylic acids is 1. The van der Waals surface area contributed by atoms with Crippen LogP contribution in [0.2, 0.25) is 0 Å². The molecule has 0 unspecified atom stereocenters. The lowest BCUT2D eigenvalue weighted by Gasteiger charge is -2.26. The second-order valence-electron chi connectivity index (χ2n) is 4.35. The molecule has 4 nitrogen and oxygen atoms in total. The molecule has 0 saturated heterocycles. The van der Waals surface area contributed by atoms with Gasteiger partial charge in [-0.2, -0.15) is 5.26 Å². The zero-order valence-corrected chi connectivity index (χ0v) is 10.2. The Morgan fingerprint density at radius 1 is 1.59 bits per heavy atom. The van der Waals surface area contributed by atoms with Crippen molar-refractivity contribution < 1.29 is 14.6 Å². The molecule has 1 saturated carbocycles. The van der Waals surface area contributed by atoms with Crippen molar-refractivity contribution >= 4 is 5.97 Å². The monoisotopic (exact) mass is 233 g/mol. The molecule has 0 amide bonds. The van der Waals surface area contributed by atoms with Crippen molar-refractivity contribution in [1.29, 1.82) is 5.26 Å². The van der Waals surface area contributed by atoms with Gasteiger partial charge >= 0.3 is 5.97 Å². The van der Waals surface area contributed by atoms with Crippen LogP contribution in [0, 0.1) is 28.6 Å². The number of nitriles is 1. The highest BCUT2D eigenvalue weighted by atomic mass is 16.5. The van der Waals surface area contributed by atoms with E-state index < -0.39 is 17.0 Å². The van der Waals surface area contributed by atoms with Crippen molar-refractivity contribution in [2.45, 2.75) is 32.3 Å². The van der Waals surface area contributed by atoms with Crippen LogP contribution >= 0.6 is 0 Å². The molecular weight excluding hydrogens is 218 g/mol. The van der Waals surface area contributed by atoms with Gasteiger partial charge in [-0.1, -0.05) is 11.8 Å². The number of carbonyl (C=O) groups is 1. The minimum atomic E-state index is -1.03. The van der Waals surface area contributed by atoms with E-state index in [2.05, 4.69) is 17.9 Å². The Morgan fingerprint density at radius 3 is 2.53 bits per heavy atom. The molecule has 0 heterocycles. The SMILES string of the molecule is CO[C@@](C)(C#C/C(C)=C\C(=O)O)C1(C#N)CC1. The predicted molar refractivity (Wildman–Crippen MR) is 61.9 cm³/mol. The summed E-state index contributed by atoms with van der Waals surface area (Å²) in [6, 6.07) is 2.25. The van der Waals surface area contributed by atoms with E-state index in [0.29, 0.717) is 5.57 Å². The highest BCUT2D eigenvalue weighted by Gasteiger charge is 2.58. The third kappa shape index (κ3) is 2.67. The first kappa shape index (κ1) is 13.3. The van der Waals surface area contributed by atoms with Crippen LogP contribution in [0.25, 0.3) is 0 Å². The van der Waals surface area contributed by atoms with Gasteiger partial charge in [0, 0.05) is 18.8 Å². The molecule has 0 aromatic rings. The lowest BCUT2D eigenvalue weighted by atomic mass is 9.87. The van der Waals surface area contributed by atoms with Crippen molar-refractivity contribution in [3.8, 4) is 17.9 Å². The average molecular weight is 233 g/mol. The van der Waals surface area contributed by atoms with Crippen LogP contribution in [0.5, 0.6) is 0 Å². The number of methoxy groups -OCH3 is 1. The van der Waals surface area contributed by atoms with Crippen LogP contribution in [0.4, 0.5) is 0 Å². The molecule has 0 aromatic heterocycles. The molecule has 90 valence electrons. The van der Waals surface area contributed by atoms with Gasteiger partial charge in [0.25, 0.3) is 0 Å². The average Bonchev–Trinajstić information content (AvgIpc) is 3.06. The lowest BCUT2D eigenvalue weighted by molar-refractivity contribution is -0.131. The number of carboxylic acid groups (broad SMARTS) is 1. The van der Waals surface area contributed by atoms with Gasteiger partial charge < -0.3 is 9.84 Å². The minimum Gasteiger partial charge on any atom is -0.478 e. The first-order chi connectivity index (χ1) is 7.89. The number of allylic oxidation sites excluding steroid dienone is 1. The first-order valence-corrected chi connectivity index (χ1v) is 5.30. The van der Waals surface area contributed by atoms with E-state index >= 15 is 0 Å². The van der Waals surface area contributed by atoms with Crippen molar-refractivity contribution in [1.82, 2.24) is 0 Å². The summed E-state index contributed by atoms with van der Waals surface area (Å²) in [7, 11) is 1.52. The summed E-state index contributed by atoms with van der Waals surface area (Å²) in [5.41, 5.74) is -0.942. The van der Waals surface area contributed by atoms with Crippen LogP contribution in [-0.2, 0) is 9.53 Å². The van der Waals surface area contributed by atoms with Crippen LogP contribution in [-0.4, -0.2) is 23.8 Å². The topological polar surface area (TPSA) is 70.3 Å². The summed E-state index contributed by atoms with van der Waals surface area (Å²) in [4.78, 5) is 10.4.